The van der Waals surface area contributed by atoms with Crippen LogP contribution in [0.15, 0.2) is 18.3 Å². The maximum atomic E-state index is 11.6. The van der Waals surface area contributed by atoms with Gasteiger partial charge in [-0.1, -0.05) is 6.07 Å². The molecule has 0 bridgehead atoms. The van der Waals surface area contributed by atoms with Crippen LogP contribution in [-0.4, -0.2) is 23.2 Å². The van der Waals surface area contributed by atoms with Crippen LogP contribution >= 0.6 is 0 Å². The Labute approximate surface area is 101 Å². The molecule has 2 heterocycles. The van der Waals surface area contributed by atoms with Crippen LogP contribution in [0.5, 0.6) is 0 Å². The van der Waals surface area contributed by atoms with E-state index >= 15 is 0 Å². The van der Waals surface area contributed by atoms with Gasteiger partial charge in [0, 0.05) is 18.3 Å². The second kappa shape index (κ2) is 4.24. The molecule has 1 amide bonds. The first kappa shape index (κ1) is 11.7. The van der Waals surface area contributed by atoms with Crippen LogP contribution < -0.4 is 10.6 Å². The minimum Gasteiger partial charge on any atom is -0.444 e. The quantitative estimate of drug-likeness (QED) is 0.782. The summed E-state index contributed by atoms with van der Waals surface area (Å²) in [5.41, 5.74) is 0.520. The highest BCUT2D eigenvalue weighted by molar-refractivity contribution is 5.69. The maximum absolute atomic E-state index is 11.6. The molecule has 0 radical (unpaired) electrons. The topological polar surface area (TPSA) is 63.2 Å². The van der Waals surface area contributed by atoms with Crippen LogP contribution in [-0.2, 0) is 4.74 Å². The van der Waals surface area contributed by atoms with Crippen LogP contribution in [0, 0.1) is 0 Å². The molecule has 0 saturated heterocycles. The van der Waals surface area contributed by atoms with Gasteiger partial charge in [-0.05, 0) is 26.8 Å². The van der Waals surface area contributed by atoms with Crippen molar-refractivity contribution in [1.29, 1.82) is 0 Å². The van der Waals surface area contributed by atoms with E-state index in [9.17, 15) is 4.79 Å². The fourth-order valence-electron chi connectivity index (χ4n) is 1.73. The first-order valence-electron chi connectivity index (χ1n) is 5.64. The Bertz CT molecular complexity index is 426. The van der Waals surface area contributed by atoms with E-state index in [1.54, 1.807) is 6.20 Å². The van der Waals surface area contributed by atoms with Crippen molar-refractivity contribution in [1.82, 2.24) is 10.3 Å². The number of hydrogen-bond donors (Lipinski definition) is 2. The van der Waals surface area contributed by atoms with Gasteiger partial charge in [0.15, 0.2) is 0 Å². The number of aromatic nitrogens is 1. The van der Waals surface area contributed by atoms with Crippen molar-refractivity contribution in [2.75, 3.05) is 11.9 Å². The number of rotatable bonds is 1. The molecular formula is C12H17N3O2. The second-order valence-electron chi connectivity index (χ2n) is 5.02. The largest absolute Gasteiger partial charge is 0.444 e. The van der Waals surface area contributed by atoms with Gasteiger partial charge in [0.05, 0.1) is 6.04 Å². The summed E-state index contributed by atoms with van der Waals surface area (Å²) in [6.45, 7) is 6.17. The first-order chi connectivity index (χ1) is 7.96. The Hall–Kier alpha value is -1.78. The number of fused-ring (bicyclic) bond motifs is 1. The van der Waals surface area contributed by atoms with Crippen molar-refractivity contribution in [2.45, 2.75) is 32.4 Å². The van der Waals surface area contributed by atoms with Crippen molar-refractivity contribution < 1.29 is 9.53 Å². The van der Waals surface area contributed by atoms with Gasteiger partial charge in [0.25, 0.3) is 0 Å². The van der Waals surface area contributed by atoms with Crippen molar-refractivity contribution in [2.24, 2.45) is 0 Å². The van der Waals surface area contributed by atoms with E-state index in [1.807, 2.05) is 32.9 Å². The lowest BCUT2D eigenvalue weighted by atomic mass is 10.1. The standard InChI is InChI=1S/C12H17N3O2/c1-12(2,3)17-11(16)15-9-7-14-10-8(9)5-4-6-13-10/h4-6,9H,7H2,1-3H3,(H,13,14)(H,15,16). The summed E-state index contributed by atoms with van der Waals surface area (Å²) in [6.07, 6.45) is 1.32. The molecule has 0 fully saturated rings. The molecule has 1 unspecified atom stereocenters. The zero-order valence-corrected chi connectivity index (χ0v) is 10.3. The van der Waals surface area contributed by atoms with Crippen LogP contribution in [0.2, 0.25) is 0 Å². The van der Waals surface area contributed by atoms with Crippen LogP contribution in [0.3, 0.4) is 0 Å². The second-order valence-corrected chi connectivity index (χ2v) is 5.02. The SMILES string of the molecule is CC(C)(C)OC(=O)NC1CNc2ncccc21. The van der Waals surface area contributed by atoms with Crippen molar-refractivity contribution in [3.8, 4) is 0 Å². The van der Waals surface area contributed by atoms with E-state index < -0.39 is 11.7 Å². The molecule has 17 heavy (non-hydrogen) atoms. The van der Waals surface area contributed by atoms with E-state index in [1.165, 1.54) is 0 Å². The lowest BCUT2D eigenvalue weighted by molar-refractivity contribution is 0.0508. The van der Waals surface area contributed by atoms with Gasteiger partial charge in [-0.2, -0.15) is 0 Å². The Morgan fingerprint density at radius 3 is 3.06 bits per heavy atom. The van der Waals surface area contributed by atoms with Gasteiger partial charge in [0.2, 0.25) is 0 Å². The first-order valence-corrected chi connectivity index (χ1v) is 5.64. The molecule has 1 aliphatic rings. The molecule has 92 valence electrons. The number of carbonyl (C=O) groups excluding carboxylic acids is 1. The van der Waals surface area contributed by atoms with E-state index in [-0.39, 0.29) is 6.04 Å². The summed E-state index contributed by atoms with van der Waals surface area (Å²) < 4.78 is 5.22. The molecule has 5 nitrogen and oxygen atoms in total. The van der Waals surface area contributed by atoms with Crippen LogP contribution in [0.1, 0.15) is 32.4 Å². The Balaban J connectivity index is 2.00. The molecule has 0 spiro atoms. The van der Waals surface area contributed by atoms with Crippen LogP contribution in [0.4, 0.5) is 10.6 Å². The minimum atomic E-state index is -0.478. The molecule has 1 atom stereocenters. The third-order valence-corrected chi connectivity index (χ3v) is 2.38. The number of ether oxygens (including phenoxy) is 1. The van der Waals surface area contributed by atoms with Crippen molar-refractivity contribution in [3.05, 3.63) is 23.9 Å². The summed E-state index contributed by atoms with van der Waals surface area (Å²) in [5, 5.41) is 5.96. The van der Waals surface area contributed by atoms with Crippen molar-refractivity contribution in [3.63, 3.8) is 0 Å². The Morgan fingerprint density at radius 2 is 2.35 bits per heavy atom. The number of anilines is 1. The summed E-state index contributed by atoms with van der Waals surface area (Å²) >= 11 is 0. The fourth-order valence-corrected chi connectivity index (χ4v) is 1.73. The number of hydrogen-bond acceptors (Lipinski definition) is 4. The number of nitrogens with zero attached hydrogens (tertiary/aromatic N) is 1. The lowest BCUT2D eigenvalue weighted by Gasteiger charge is -2.21. The number of carbonyl (C=O) groups is 1. The highest BCUT2D eigenvalue weighted by atomic mass is 16.6. The Kier molecular flexibility index (Phi) is 2.92. The number of nitrogens with one attached hydrogen (secondary N) is 2. The van der Waals surface area contributed by atoms with Gasteiger partial charge in [-0.3, -0.25) is 0 Å². The van der Waals surface area contributed by atoms with Gasteiger partial charge in [0.1, 0.15) is 11.4 Å². The Morgan fingerprint density at radius 1 is 1.59 bits per heavy atom. The molecule has 1 aromatic rings. The summed E-state index contributed by atoms with van der Waals surface area (Å²) in [4.78, 5) is 15.8. The summed E-state index contributed by atoms with van der Waals surface area (Å²) in [5.74, 6) is 0.827. The van der Waals surface area contributed by atoms with Gasteiger partial charge in [-0.15, -0.1) is 0 Å². The molecule has 2 N–H and O–H groups in total. The third-order valence-electron chi connectivity index (χ3n) is 2.38. The zero-order valence-electron chi connectivity index (χ0n) is 10.3. The molecule has 5 heteroatoms. The monoisotopic (exact) mass is 235 g/mol. The third kappa shape index (κ3) is 2.87. The summed E-state index contributed by atoms with van der Waals surface area (Å²) in [6, 6.07) is 3.73. The molecule has 1 aliphatic heterocycles. The highest BCUT2D eigenvalue weighted by Gasteiger charge is 2.26. The predicted octanol–water partition coefficient (Wildman–Crippen LogP) is 2.07. The number of alkyl carbamates (subject to hydrolysis) is 1. The van der Waals surface area contributed by atoms with Gasteiger partial charge >= 0.3 is 6.09 Å². The smallest absolute Gasteiger partial charge is 0.408 e. The minimum absolute atomic E-state index is 0.0754. The molecule has 1 aromatic heterocycles. The highest BCUT2D eigenvalue weighted by Crippen LogP contribution is 2.27. The molecule has 0 saturated carbocycles. The number of amides is 1. The lowest BCUT2D eigenvalue weighted by Crippen LogP contribution is -2.35. The van der Waals surface area contributed by atoms with E-state index in [2.05, 4.69) is 15.6 Å². The molecular weight excluding hydrogens is 218 g/mol. The zero-order chi connectivity index (χ0) is 12.5. The van der Waals surface area contributed by atoms with E-state index in [4.69, 9.17) is 4.74 Å². The number of pyridine rings is 1. The maximum Gasteiger partial charge on any atom is 0.408 e. The average Bonchev–Trinajstić information content (AvgIpc) is 2.59. The fraction of sp³-hybridized carbons (Fsp3) is 0.500. The van der Waals surface area contributed by atoms with Crippen molar-refractivity contribution >= 4 is 11.9 Å². The van der Waals surface area contributed by atoms with Gasteiger partial charge in [-0.25, -0.2) is 9.78 Å². The van der Waals surface area contributed by atoms with Crippen LogP contribution in [0.25, 0.3) is 0 Å². The molecule has 0 aliphatic carbocycles. The van der Waals surface area contributed by atoms with E-state index in [0.29, 0.717) is 6.54 Å². The van der Waals surface area contributed by atoms with E-state index in [0.717, 1.165) is 11.4 Å². The predicted molar refractivity (Wildman–Crippen MR) is 64.8 cm³/mol. The normalized spacial score (nSPS) is 18.2. The van der Waals surface area contributed by atoms with Gasteiger partial charge < -0.3 is 15.4 Å². The molecule has 0 aromatic carbocycles. The molecule has 2 rings (SSSR count). The average molecular weight is 235 g/mol. The summed E-state index contributed by atoms with van der Waals surface area (Å²) in [7, 11) is 0.